The molecule has 0 amide bonds. The average molecular weight is 264 g/mol. The maximum atomic E-state index is 13.5. The Morgan fingerprint density at radius 2 is 2.00 bits per heavy atom. The van der Waals surface area contributed by atoms with E-state index in [2.05, 4.69) is 0 Å². The fraction of sp³-hybridized carbons (Fsp3) is 0.364. The molecule has 0 unspecified atom stereocenters. The molecule has 0 saturated carbocycles. The predicted octanol–water partition coefficient (Wildman–Crippen LogP) is 2.69. The van der Waals surface area contributed by atoms with Gasteiger partial charge in [0.1, 0.15) is 11.9 Å². The van der Waals surface area contributed by atoms with Gasteiger partial charge in [-0.25, -0.2) is 13.2 Å². The minimum absolute atomic E-state index is 0.0286. The molecular formula is C11H9F5N2. The molecule has 0 bridgehead atoms. The molecule has 0 heterocycles. The van der Waals surface area contributed by atoms with Crippen LogP contribution in [-0.4, -0.2) is 18.9 Å². The highest BCUT2D eigenvalue weighted by atomic mass is 19.3. The minimum atomic E-state index is -4.16. The summed E-state index contributed by atoms with van der Waals surface area (Å²) in [6.07, 6.45) is -3.78. The molecule has 0 spiro atoms. The lowest BCUT2D eigenvalue weighted by Gasteiger charge is -2.16. The molecule has 2 nitrogen and oxygen atoms in total. The number of hydrogen-bond acceptors (Lipinski definition) is 2. The summed E-state index contributed by atoms with van der Waals surface area (Å²) >= 11 is 0. The Balaban J connectivity index is 2.63. The van der Waals surface area contributed by atoms with Gasteiger partial charge in [-0.2, -0.15) is 14.0 Å². The number of nitrogens with one attached hydrogen (secondary N) is 1. The molecule has 0 aliphatic carbocycles. The first-order chi connectivity index (χ1) is 8.38. The normalized spacial score (nSPS) is 11.6. The third kappa shape index (κ3) is 3.40. The molecule has 7 heteroatoms. The van der Waals surface area contributed by atoms with E-state index in [0.717, 1.165) is 0 Å². The Hall–Kier alpha value is -1.68. The molecule has 1 rings (SSSR count). The van der Waals surface area contributed by atoms with Crippen molar-refractivity contribution in [2.45, 2.75) is 18.9 Å². The van der Waals surface area contributed by atoms with E-state index in [0.29, 0.717) is 0 Å². The van der Waals surface area contributed by atoms with E-state index in [1.807, 2.05) is 5.32 Å². The minimum Gasteiger partial charge on any atom is -0.307 e. The predicted molar refractivity (Wildman–Crippen MR) is 53.8 cm³/mol. The highest BCUT2D eigenvalue weighted by Gasteiger charge is 2.40. The van der Waals surface area contributed by atoms with Gasteiger partial charge in [-0.3, -0.25) is 0 Å². The number of rotatable bonds is 5. The Morgan fingerprint density at radius 1 is 1.33 bits per heavy atom. The van der Waals surface area contributed by atoms with Gasteiger partial charge in [0.05, 0.1) is 12.1 Å². The third-order valence-electron chi connectivity index (χ3n) is 2.19. The molecule has 0 aliphatic rings. The van der Waals surface area contributed by atoms with E-state index < -0.39 is 24.7 Å². The van der Waals surface area contributed by atoms with Gasteiger partial charge in [-0.05, 0) is 6.07 Å². The fourth-order valence-electron chi connectivity index (χ4n) is 1.24. The molecule has 18 heavy (non-hydrogen) atoms. The van der Waals surface area contributed by atoms with Gasteiger partial charge in [0.25, 0.3) is 0 Å². The maximum Gasteiger partial charge on any atom is 0.319 e. The Bertz CT molecular complexity index is 453. The van der Waals surface area contributed by atoms with Crippen LogP contribution >= 0.6 is 0 Å². The van der Waals surface area contributed by atoms with Gasteiger partial charge in [0, 0.05) is 12.1 Å². The smallest absolute Gasteiger partial charge is 0.307 e. The van der Waals surface area contributed by atoms with Crippen molar-refractivity contribution in [2.24, 2.45) is 0 Å². The van der Waals surface area contributed by atoms with Gasteiger partial charge in [0.15, 0.2) is 0 Å². The average Bonchev–Trinajstić information content (AvgIpc) is 2.31. The lowest BCUT2D eigenvalue weighted by Crippen LogP contribution is -2.38. The van der Waals surface area contributed by atoms with Crippen molar-refractivity contribution < 1.29 is 22.0 Å². The van der Waals surface area contributed by atoms with Crippen LogP contribution in [0.25, 0.3) is 0 Å². The van der Waals surface area contributed by atoms with E-state index in [-0.39, 0.29) is 17.7 Å². The maximum absolute atomic E-state index is 13.5. The summed E-state index contributed by atoms with van der Waals surface area (Å²) in [5.74, 6) is -5.00. The molecular weight excluding hydrogens is 255 g/mol. The van der Waals surface area contributed by atoms with Crippen LogP contribution in [0.3, 0.4) is 0 Å². The molecule has 0 radical (unpaired) electrons. The van der Waals surface area contributed by atoms with E-state index in [1.54, 1.807) is 6.07 Å². The van der Waals surface area contributed by atoms with Crippen molar-refractivity contribution in [3.05, 3.63) is 35.1 Å². The zero-order valence-corrected chi connectivity index (χ0v) is 9.06. The van der Waals surface area contributed by atoms with Gasteiger partial charge in [-0.15, -0.1) is 0 Å². The zero-order chi connectivity index (χ0) is 13.8. The van der Waals surface area contributed by atoms with E-state index in [1.165, 1.54) is 18.2 Å². The van der Waals surface area contributed by atoms with Gasteiger partial charge in [-0.1, -0.05) is 12.1 Å². The van der Waals surface area contributed by atoms with Crippen LogP contribution in [0, 0.1) is 17.1 Å². The first-order valence-corrected chi connectivity index (χ1v) is 4.92. The fourth-order valence-corrected chi connectivity index (χ4v) is 1.24. The van der Waals surface area contributed by atoms with Crippen molar-refractivity contribution in [3.63, 3.8) is 0 Å². The number of hydrogen-bond donors (Lipinski definition) is 1. The number of nitriles is 1. The Kier molecular flexibility index (Phi) is 4.62. The van der Waals surface area contributed by atoms with Crippen LogP contribution in [0.4, 0.5) is 22.0 Å². The van der Waals surface area contributed by atoms with E-state index in [9.17, 15) is 22.0 Å². The zero-order valence-electron chi connectivity index (χ0n) is 9.06. The number of nitrogens with zero attached hydrogens (tertiary/aromatic N) is 1. The monoisotopic (exact) mass is 264 g/mol. The second-order valence-electron chi connectivity index (χ2n) is 3.56. The Morgan fingerprint density at radius 3 is 2.56 bits per heavy atom. The number of benzene rings is 1. The van der Waals surface area contributed by atoms with Gasteiger partial charge >= 0.3 is 12.3 Å². The number of alkyl halides is 4. The molecule has 1 aromatic carbocycles. The molecule has 1 N–H and O–H groups in total. The Labute approximate surface area is 100 Å². The summed E-state index contributed by atoms with van der Waals surface area (Å²) in [5, 5.41) is 10.6. The molecule has 0 saturated heterocycles. The highest BCUT2D eigenvalue weighted by molar-refractivity contribution is 5.34. The third-order valence-corrected chi connectivity index (χ3v) is 2.19. The lowest BCUT2D eigenvalue weighted by atomic mass is 10.1. The van der Waals surface area contributed by atoms with Crippen molar-refractivity contribution in [3.8, 4) is 6.07 Å². The van der Waals surface area contributed by atoms with Crippen LogP contribution in [-0.2, 0) is 6.54 Å². The summed E-state index contributed by atoms with van der Waals surface area (Å²) in [7, 11) is 0. The van der Waals surface area contributed by atoms with Crippen molar-refractivity contribution in [2.75, 3.05) is 6.54 Å². The van der Waals surface area contributed by atoms with Crippen molar-refractivity contribution >= 4 is 0 Å². The first kappa shape index (κ1) is 14.4. The summed E-state index contributed by atoms with van der Waals surface area (Å²) in [4.78, 5) is 0. The molecule has 1 aromatic rings. The van der Waals surface area contributed by atoms with E-state index >= 15 is 0 Å². The molecule has 98 valence electrons. The topological polar surface area (TPSA) is 35.8 Å². The quantitative estimate of drug-likeness (QED) is 0.830. The highest BCUT2D eigenvalue weighted by Crippen LogP contribution is 2.21. The molecule has 0 fully saturated rings. The summed E-state index contributed by atoms with van der Waals surface area (Å²) < 4.78 is 62.2. The van der Waals surface area contributed by atoms with Gasteiger partial charge < -0.3 is 5.32 Å². The lowest BCUT2D eigenvalue weighted by molar-refractivity contribution is -0.125. The summed E-state index contributed by atoms with van der Waals surface area (Å²) in [6, 6.07) is 5.48. The van der Waals surface area contributed by atoms with Crippen molar-refractivity contribution in [1.29, 1.82) is 5.26 Å². The van der Waals surface area contributed by atoms with Gasteiger partial charge in [0.2, 0.25) is 0 Å². The van der Waals surface area contributed by atoms with Crippen LogP contribution in [0.1, 0.15) is 11.1 Å². The second kappa shape index (κ2) is 5.78. The molecule has 0 atom stereocenters. The van der Waals surface area contributed by atoms with Crippen LogP contribution in [0.5, 0.6) is 0 Å². The summed E-state index contributed by atoms with van der Waals surface area (Å²) in [6.45, 7) is -1.62. The largest absolute Gasteiger partial charge is 0.319 e. The molecule has 0 aromatic heterocycles. The number of halogens is 5. The van der Waals surface area contributed by atoms with E-state index in [4.69, 9.17) is 5.26 Å². The van der Waals surface area contributed by atoms with Crippen LogP contribution in [0.2, 0.25) is 0 Å². The van der Waals surface area contributed by atoms with Crippen molar-refractivity contribution in [1.82, 2.24) is 5.32 Å². The first-order valence-electron chi connectivity index (χ1n) is 4.92. The SMILES string of the molecule is N#Cc1cccc(CNCC(F)(F)C(F)F)c1F. The second-order valence-corrected chi connectivity index (χ2v) is 3.56. The standard InChI is InChI=1S/C11H9F5N2/c12-9-7(4-17)2-1-3-8(9)5-18-6-11(15,16)10(13)14/h1-3,10,18H,5-6H2. The van der Waals surface area contributed by atoms with Crippen LogP contribution in [0.15, 0.2) is 18.2 Å². The summed E-state index contributed by atoms with van der Waals surface area (Å²) in [5.41, 5.74) is -0.256. The molecule has 0 aliphatic heterocycles. The van der Waals surface area contributed by atoms with Crippen LogP contribution < -0.4 is 5.32 Å².